The van der Waals surface area contributed by atoms with E-state index >= 15 is 0 Å². The molecule has 9 heteroatoms. The van der Waals surface area contributed by atoms with Gasteiger partial charge in [0.1, 0.15) is 18.4 Å². The van der Waals surface area contributed by atoms with Gasteiger partial charge in [0.05, 0.1) is 10.6 Å². The van der Waals surface area contributed by atoms with Crippen molar-refractivity contribution in [3.05, 3.63) is 95.3 Å². The fraction of sp³-hybridized carbons (Fsp3) is 0.286. The van der Waals surface area contributed by atoms with E-state index in [-0.39, 0.29) is 11.4 Å². The highest BCUT2D eigenvalue weighted by Crippen LogP contribution is 2.28. The number of carbonyl (C=O) groups is 2. The van der Waals surface area contributed by atoms with Gasteiger partial charge < -0.3 is 10.2 Å². The van der Waals surface area contributed by atoms with Gasteiger partial charge in [-0.3, -0.25) is 13.9 Å². The van der Waals surface area contributed by atoms with Crippen LogP contribution in [-0.4, -0.2) is 44.8 Å². The number of halogens is 1. The predicted octanol–water partition coefficient (Wildman–Crippen LogP) is 4.06. The molecular weight excluding hydrogens is 493 g/mol. The van der Waals surface area contributed by atoms with Gasteiger partial charge in [-0.2, -0.15) is 0 Å². The Bertz CT molecular complexity index is 1340. The van der Waals surface area contributed by atoms with Crippen LogP contribution < -0.4 is 9.62 Å². The number of rotatable bonds is 10. The summed E-state index contributed by atoms with van der Waals surface area (Å²) in [6.45, 7) is 4.82. The van der Waals surface area contributed by atoms with Gasteiger partial charge in [0.15, 0.2) is 0 Å². The van der Waals surface area contributed by atoms with Gasteiger partial charge in [-0.1, -0.05) is 55.0 Å². The molecule has 0 aliphatic heterocycles. The maximum atomic E-state index is 13.9. The number of likely N-dealkylation sites (N-methyl/N-ethyl adjacent to an activating group) is 1. The van der Waals surface area contributed by atoms with E-state index in [0.717, 1.165) is 15.4 Å². The zero-order valence-corrected chi connectivity index (χ0v) is 22.3. The Balaban J connectivity index is 2.06. The summed E-state index contributed by atoms with van der Waals surface area (Å²) in [7, 11) is -2.66. The molecule has 1 atom stereocenters. The maximum absolute atomic E-state index is 13.9. The zero-order valence-electron chi connectivity index (χ0n) is 21.4. The van der Waals surface area contributed by atoms with Crippen molar-refractivity contribution in [1.82, 2.24) is 10.2 Å². The van der Waals surface area contributed by atoms with Crippen LogP contribution >= 0.6 is 0 Å². The van der Waals surface area contributed by atoms with Gasteiger partial charge in [-0.25, -0.2) is 12.8 Å². The number of anilines is 1. The van der Waals surface area contributed by atoms with E-state index in [1.165, 1.54) is 48.3 Å². The molecule has 37 heavy (non-hydrogen) atoms. The molecule has 3 rings (SSSR count). The summed E-state index contributed by atoms with van der Waals surface area (Å²) in [5, 5.41) is 2.53. The number of benzene rings is 3. The molecule has 0 saturated carbocycles. The second-order valence-electron chi connectivity index (χ2n) is 8.75. The number of amides is 2. The van der Waals surface area contributed by atoms with Crippen LogP contribution in [0.4, 0.5) is 10.1 Å². The first kappa shape index (κ1) is 27.9. The molecule has 3 aromatic rings. The van der Waals surface area contributed by atoms with E-state index in [4.69, 9.17) is 0 Å². The predicted molar refractivity (Wildman–Crippen MR) is 142 cm³/mol. The monoisotopic (exact) mass is 525 g/mol. The normalized spacial score (nSPS) is 12.0. The number of hydrogen-bond acceptors (Lipinski definition) is 4. The fourth-order valence-corrected chi connectivity index (χ4v) is 5.43. The lowest BCUT2D eigenvalue weighted by Crippen LogP contribution is -2.50. The first-order chi connectivity index (χ1) is 17.6. The molecule has 0 unspecified atom stereocenters. The fourth-order valence-electron chi connectivity index (χ4n) is 3.98. The highest BCUT2D eigenvalue weighted by Gasteiger charge is 2.33. The lowest BCUT2D eigenvalue weighted by Gasteiger charge is -2.32. The average Bonchev–Trinajstić information content (AvgIpc) is 2.90. The average molecular weight is 526 g/mol. The van der Waals surface area contributed by atoms with Crippen molar-refractivity contribution in [1.29, 1.82) is 0 Å². The summed E-state index contributed by atoms with van der Waals surface area (Å²) in [5.74, 6) is -1.40. The Morgan fingerprint density at radius 2 is 1.59 bits per heavy atom. The SMILES string of the molecule is CCc1ccccc1N(CC(=O)N(Cc1ccc(F)cc1)[C@H](C)C(=O)NC)S(=O)(=O)c1ccc(C)cc1. The van der Waals surface area contributed by atoms with Crippen LogP contribution in [0.3, 0.4) is 0 Å². The number of nitrogens with one attached hydrogen (secondary N) is 1. The molecule has 0 spiro atoms. The van der Waals surface area contributed by atoms with Crippen molar-refractivity contribution in [2.45, 2.75) is 44.7 Å². The number of aryl methyl sites for hydroxylation is 2. The summed E-state index contributed by atoms with van der Waals surface area (Å²) < 4.78 is 42.3. The van der Waals surface area contributed by atoms with E-state index in [1.807, 2.05) is 26.0 Å². The molecule has 7 nitrogen and oxygen atoms in total. The van der Waals surface area contributed by atoms with E-state index in [2.05, 4.69) is 5.32 Å². The third kappa shape index (κ3) is 6.54. The van der Waals surface area contributed by atoms with Crippen molar-refractivity contribution >= 4 is 27.5 Å². The van der Waals surface area contributed by atoms with E-state index in [1.54, 1.807) is 31.2 Å². The molecule has 0 aromatic heterocycles. The number of sulfonamides is 1. The van der Waals surface area contributed by atoms with Gasteiger partial charge in [-0.05, 0) is 61.7 Å². The number of para-hydroxylation sites is 1. The van der Waals surface area contributed by atoms with Crippen LogP contribution in [0, 0.1) is 12.7 Å². The molecule has 0 bridgehead atoms. The lowest BCUT2D eigenvalue weighted by molar-refractivity contribution is -0.139. The second-order valence-corrected chi connectivity index (χ2v) is 10.6. The van der Waals surface area contributed by atoms with Crippen molar-refractivity contribution in [3.8, 4) is 0 Å². The third-order valence-corrected chi connectivity index (χ3v) is 7.98. The summed E-state index contributed by atoms with van der Waals surface area (Å²) >= 11 is 0. The molecule has 1 N–H and O–H groups in total. The summed E-state index contributed by atoms with van der Waals surface area (Å²) in [6, 6.07) is 18.2. The van der Waals surface area contributed by atoms with Crippen LogP contribution in [0.25, 0.3) is 0 Å². The third-order valence-electron chi connectivity index (χ3n) is 6.21. The standard InChI is InChI=1S/C28H32FN3O4S/c1-5-23-8-6-7-9-26(23)32(37(35,36)25-16-10-20(2)11-17-25)19-27(33)31(21(3)28(34)30-4)18-22-12-14-24(29)15-13-22/h6-17,21H,5,18-19H2,1-4H3,(H,30,34)/t21-/m1/s1. The van der Waals surface area contributed by atoms with Crippen molar-refractivity contribution in [2.24, 2.45) is 0 Å². The van der Waals surface area contributed by atoms with Gasteiger partial charge in [0, 0.05) is 13.6 Å². The highest BCUT2D eigenvalue weighted by molar-refractivity contribution is 7.92. The van der Waals surface area contributed by atoms with E-state index in [0.29, 0.717) is 17.7 Å². The largest absolute Gasteiger partial charge is 0.357 e. The molecule has 0 aliphatic carbocycles. The minimum atomic E-state index is -4.13. The summed E-state index contributed by atoms with van der Waals surface area (Å²) in [5.41, 5.74) is 2.66. The summed E-state index contributed by atoms with van der Waals surface area (Å²) in [6.07, 6.45) is 0.554. The van der Waals surface area contributed by atoms with Crippen LogP contribution in [0.5, 0.6) is 0 Å². The molecule has 0 fully saturated rings. The smallest absolute Gasteiger partial charge is 0.264 e. The van der Waals surface area contributed by atoms with Crippen LogP contribution in [0.1, 0.15) is 30.5 Å². The Labute approximate surface area is 218 Å². The minimum absolute atomic E-state index is 0.00153. The number of hydrogen-bond donors (Lipinski definition) is 1. The zero-order chi connectivity index (χ0) is 27.2. The first-order valence-electron chi connectivity index (χ1n) is 12.0. The second kappa shape index (κ2) is 12.0. The van der Waals surface area contributed by atoms with Crippen molar-refractivity contribution < 1.29 is 22.4 Å². The quantitative estimate of drug-likeness (QED) is 0.433. The molecule has 0 aliphatic rings. The van der Waals surface area contributed by atoms with Crippen molar-refractivity contribution in [2.75, 3.05) is 17.9 Å². The number of carbonyl (C=O) groups excluding carboxylic acids is 2. The molecular formula is C28H32FN3O4S. The Hall–Kier alpha value is -3.72. The maximum Gasteiger partial charge on any atom is 0.264 e. The Morgan fingerprint density at radius 1 is 0.973 bits per heavy atom. The van der Waals surface area contributed by atoms with Crippen LogP contribution in [0.2, 0.25) is 0 Å². The van der Waals surface area contributed by atoms with Gasteiger partial charge in [-0.15, -0.1) is 0 Å². The van der Waals surface area contributed by atoms with Gasteiger partial charge in [0.2, 0.25) is 11.8 Å². The van der Waals surface area contributed by atoms with Gasteiger partial charge >= 0.3 is 0 Å². The van der Waals surface area contributed by atoms with E-state index < -0.39 is 40.2 Å². The first-order valence-corrected chi connectivity index (χ1v) is 13.4. The van der Waals surface area contributed by atoms with Crippen LogP contribution in [-0.2, 0) is 32.6 Å². The van der Waals surface area contributed by atoms with E-state index in [9.17, 15) is 22.4 Å². The molecule has 0 heterocycles. The van der Waals surface area contributed by atoms with Crippen LogP contribution in [0.15, 0.2) is 77.7 Å². The van der Waals surface area contributed by atoms with Crippen molar-refractivity contribution in [3.63, 3.8) is 0 Å². The number of nitrogens with zero attached hydrogens (tertiary/aromatic N) is 2. The summed E-state index contributed by atoms with van der Waals surface area (Å²) in [4.78, 5) is 27.6. The Kier molecular flexibility index (Phi) is 9.04. The molecule has 0 saturated heterocycles. The molecule has 3 aromatic carbocycles. The molecule has 0 radical (unpaired) electrons. The lowest BCUT2D eigenvalue weighted by atomic mass is 10.1. The topological polar surface area (TPSA) is 86.8 Å². The minimum Gasteiger partial charge on any atom is -0.357 e. The Morgan fingerprint density at radius 3 is 2.19 bits per heavy atom. The van der Waals surface area contributed by atoms with Gasteiger partial charge in [0.25, 0.3) is 10.0 Å². The molecule has 196 valence electrons. The molecule has 2 amide bonds. The highest BCUT2D eigenvalue weighted by atomic mass is 32.2.